The van der Waals surface area contributed by atoms with Crippen molar-refractivity contribution >= 4 is 23.4 Å². The number of benzene rings is 2. The van der Waals surface area contributed by atoms with E-state index in [9.17, 15) is 9.59 Å². The molecule has 1 atom stereocenters. The van der Waals surface area contributed by atoms with Crippen molar-refractivity contribution in [3.63, 3.8) is 0 Å². The largest absolute Gasteiger partial charge is 0.497 e. The van der Waals surface area contributed by atoms with Gasteiger partial charge in [-0.1, -0.05) is 29.5 Å². The molecule has 0 saturated carbocycles. The summed E-state index contributed by atoms with van der Waals surface area (Å²) in [6.45, 7) is 3.84. The minimum Gasteiger partial charge on any atom is -0.497 e. The Morgan fingerprint density at radius 3 is 2.71 bits per heavy atom. The monoisotopic (exact) mass is 478 g/mol. The normalized spacial score (nSPS) is 16.8. The predicted octanol–water partition coefficient (Wildman–Crippen LogP) is 2.54. The maximum absolute atomic E-state index is 13.6. The van der Waals surface area contributed by atoms with Gasteiger partial charge in [-0.3, -0.25) is 9.36 Å². The zero-order valence-corrected chi connectivity index (χ0v) is 19.7. The van der Waals surface area contributed by atoms with Gasteiger partial charge in [0.2, 0.25) is 6.79 Å². The summed E-state index contributed by atoms with van der Waals surface area (Å²) in [5.74, 6) is 1.41. The van der Waals surface area contributed by atoms with E-state index >= 15 is 0 Å². The molecule has 2 aliphatic rings. The molecule has 1 aromatic heterocycles. The Balaban J connectivity index is 1.69. The van der Waals surface area contributed by atoms with Gasteiger partial charge in [0, 0.05) is 0 Å². The topological polar surface area (TPSA) is 88.4 Å². The molecule has 34 heavy (non-hydrogen) atoms. The van der Waals surface area contributed by atoms with Gasteiger partial charge >= 0.3 is 5.97 Å². The van der Waals surface area contributed by atoms with Crippen molar-refractivity contribution in [2.24, 2.45) is 4.99 Å². The fourth-order valence-corrected chi connectivity index (χ4v) is 5.09. The second-order valence-electron chi connectivity index (χ2n) is 7.69. The number of hydrogen-bond acceptors (Lipinski definition) is 8. The first-order valence-corrected chi connectivity index (χ1v) is 11.5. The summed E-state index contributed by atoms with van der Waals surface area (Å²) >= 11 is 1.28. The van der Waals surface area contributed by atoms with Crippen molar-refractivity contribution in [1.82, 2.24) is 4.57 Å². The average molecular weight is 479 g/mol. The van der Waals surface area contributed by atoms with Crippen LogP contribution in [0.25, 0.3) is 6.08 Å². The van der Waals surface area contributed by atoms with E-state index in [0.29, 0.717) is 37.7 Å². The van der Waals surface area contributed by atoms with Crippen LogP contribution in [0.3, 0.4) is 0 Å². The summed E-state index contributed by atoms with van der Waals surface area (Å²) < 4.78 is 23.6. The average Bonchev–Trinajstić information content (AvgIpc) is 3.42. The molecule has 0 N–H and O–H groups in total. The standard InChI is InChI=1S/C25H22N2O6S/c1-4-31-24(29)21-14(2)26-25-27(22(21)16-7-10-18-19(12-16)33-13-32-18)23(28)20(34-25)11-15-5-8-17(30-3)9-6-15/h5-12,22H,4,13H2,1-3H3/b20-11-. The van der Waals surface area contributed by atoms with Gasteiger partial charge in [-0.2, -0.15) is 0 Å². The van der Waals surface area contributed by atoms with Crippen LogP contribution >= 0.6 is 11.3 Å². The molecule has 0 saturated heterocycles. The number of nitrogens with zero attached hydrogens (tertiary/aromatic N) is 2. The number of ether oxygens (including phenoxy) is 4. The van der Waals surface area contributed by atoms with Gasteiger partial charge in [0.25, 0.3) is 5.56 Å². The van der Waals surface area contributed by atoms with E-state index in [4.69, 9.17) is 18.9 Å². The lowest BCUT2D eigenvalue weighted by molar-refractivity contribution is -0.139. The first-order chi connectivity index (χ1) is 16.5. The number of carbonyl (C=O) groups is 1. The van der Waals surface area contributed by atoms with Crippen molar-refractivity contribution in [3.8, 4) is 17.2 Å². The lowest BCUT2D eigenvalue weighted by Crippen LogP contribution is -2.39. The summed E-state index contributed by atoms with van der Waals surface area (Å²) in [5, 5.41) is 0. The van der Waals surface area contributed by atoms with E-state index in [1.807, 2.05) is 36.4 Å². The molecule has 9 heteroatoms. The third-order valence-electron chi connectivity index (χ3n) is 5.64. The molecule has 2 aromatic carbocycles. The van der Waals surface area contributed by atoms with Gasteiger partial charge in [-0.25, -0.2) is 9.79 Å². The Hall–Kier alpha value is -3.85. The summed E-state index contributed by atoms with van der Waals surface area (Å²) in [5.41, 5.74) is 2.16. The molecule has 0 bridgehead atoms. The van der Waals surface area contributed by atoms with Crippen LogP contribution < -0.4 is 29.1 Å². The first kappa shape index (κ1) is 22.0. The van der Waals surface area contributed by atoms with Gasteiger partial charge in [-0.15, -0.1) is 0 Å². The molecule has 8 nitrogen and oxygen atoms in total. The van der Waals surface area contributed by atoms with Gasteiger partial charge in [0.15, 0.2) is 16.3 Å². The Kier molecular flexibility index (Phi) is 5.70. The van der Waals surface area contributed by atoms with E-state index in [-0.39, 0.29) is 19.0 Å². The molecule has 3 heterocycles. The van der Waals surface area contributed by atoms with E-state index in [2.05, 4.69) is 4.99 Å². The minimum absolute atomic E-state index is 0.128. The van der Waals surface area contributed by atoms with Gasteiger partial charge in [0.1, 0.15) is 5.75 Å². The maximum atomic E-state index is 13.6. The molecule has 174 valence electrons. The highest BCUT2D eigenvalue weighted by Gasteiger charge is 2.34. The molecule has 0 amide bonds. The van der Waals surface area contributed by atoms with Crippen molar-refractivity contribution < 1.29 is 23.7 Å². The van der Waals surface area contributed by atoms with Crippen molar-refractivity contribution in [2.75, 3.05) is 20.5 Å². The Morgan fingerprint density at radius 2 is 1.97 bits per heavy atom. The minimum atomic E-state index is -0.706. The van der Waals surface area contributed by atoms with Gasteiger partial charge in [-0.05, 0) is 55.3 Å². The molecular formula is C25H22N2O6S. The van der Waals surface area contributed by atoms with Crippen molar-refractivity contribution in [1.29, 1.82) is 0 Å². The second kappa shape index (κ2) is 8.83. The molecule has 5 rings (SSSR count). The number of esters is 1. The van der Waals surface area contributed by atoms with Crippen LogP contribution in [0.1, 0.15) is 31.0 Å². The number of carbonyl (C=O) groups excluding carboxylic acids is 1. The predicted molar refractivity (Wildman–Crippen MR) is 126 cm³/mol. The van der Waals surface area contributed by atoms with Crippen LogP contribution in [0, 0.1) is 0 Å². The number of rotatable bonds is 5. The lowest BCUT2D eigenvalue weighted by Gasteiger charge is -2.24. The van der Waals surface area contributed by atoms with E-state index in [1.165, 1.54) is 11.3 Å². The molecule has 0 radical (unpaired) electrons. The zero-order chi connectivity index (χ0) is 23.8. The maximum Gasteiger partial charge on any atom is 0.338 e. The van der Waals surface area contributed by atoms with Crippen LogP contribution in [0.5, 0.6) is 17.2 Å². The third-order valence-corrected chi connectivity index (χ3v) is 6.63. The quantitative estimate of drug-likeness (QED) is 0.524. The smallest absolute Gasteiger partial charge is 0.338 e. The van der Waals surface area contributed by atoms with Crippen LogP contribution in [-0.4, -0.2) is 31.0 Å². The number of allylic oxidation sites excluding steroid dienone is 1. The number of methoxy groups -OCH3 is 1. The van der Waals surface area contributed by atoms with Crippen LogP contribution in [0.2, 0.25) is 0 Å². The number of fused-ring (bicyclic) bond motifs is 2. The van der Waals surface area contributed by atoms with Crippen molar-refractivity contribution in [3.05, 3.63) is 84.5 Å². The van der Waals surface area contributed by atoms with Crippen LogP contribution in [-0.2, 0) is 9.53 Å². The van der Waals surface area contributed by atoms with E-state index in [0.717, 1.165) is 11.3 Å². The molecule has 0 fully saturated rings. The summed E-state index contributed by atoms with van der Waals surface area (Å²) in [6, 6.07) is 12.1. The lowest BCUT2D eigenvalue weighted by atomic mass is 9.95. The highest BCUT2D eigenvalue weighted by molar-refractivity contribution is 7.07. The Bertz CT molecular complexity index is 1480. The van der Waals surface area contributed by atoms with Crippen LogP contribution in [0.15, 0.2) is 63.5 Å². The summed E-state index contributed by atoms with van der Waals surface area (Å²) in [7, 11) is 1.60. The third kappa shape index (κ3) is 3.77. The SMILES string of the molecule is CCOC(=O)C1=C(C)N=c2s/c(=C\c3ccc(OC)cc3)c(=O)n2C1c1ccc2c(c1)OCO2. The van der Waals surface area contributed by atoms with Gasteiger partial charge in [0.05, 0.1) is 35.6 Å². The number of hydrogen-bond donors (Lipinski definition) is 0. The van der Waals surface area contributed by atoms with E-state index < -0.39 is 12.0 Å². The number of thiazole rings is 1. The number of aromatic nitrogens is 1. The highest BCUT2D eigenvalue weighted by atomic mass is 32.1. The zero-order valence-electron chi connectivity index (χ0n) is 18.9. The van der Waals surface area contributed by atoms with Gasteiger partial charge < -0.3 is 18.9 Å². The molecule has 0 spiro atoms. The van der Waals surface area contributed by atoms with Crippen LogP contribution in [0.4, 0.5) is 0 Å². The summed E-state index contributed by atoms with van der Waals surface area (Å²) in [6.07, 6.45) is 1.81. The summed E-state index contributed by atoms with van der Waals surface area (Å²) in [4.78, 5) is 31.7. The highest BCUT2D eigenvalue weighted by Crippen LogP contribution is 2.38. The fraction of sp³-hybridized carbons (Fsp3) is 0.240. The van der Waals surface area contributed by atoms with Crippen molar-refractivity contribution in [2.45, 2.75) is 19.9 Å². The first-order valence-electron chi connectivity index (χ1n) is 10.7. The molecule has 2 aliphatic heterocycles. The Labute approximate surface area is 199 Å². The molecular weight excluding hydrogens is 456 g/mol. The Morgan fingerprint density at radius 1 is 1.21 bits per heavy atom. The van der Waals surface area contributed by atoms with E-state index in [1.54, 1.807) is 37.7 Å². The molecule has 3 aromatic rings. The molecule has 0 aliphatic carbocycles. The molecule has 1 unspecified atom stereocenters. The second-order valence-corrected chi connectivity index (χ2v) is 8.70. The fourth-order valence-electron chi connectivity index (χ4n) is 4.04.